The maximum Gasteiger partial charge on any atom is 0.166 e. The molecule has 0 aromatic heterocycles. The zero-order valence-corrected chi connectivity index (χ0v) is 18.4. The molecule has 27 heavy (non-hydrogen) atoms. The molecular formula is C22H36N2O2S. The maximum absolute atomic E-state index is 5.50. The molecular weight excluding hydrogens is 356 g/mol. The van der Waals surface area contributed by atoms with E-state index in [1.165, 1.54) is 37.7 Å². The molecule has 0 bridgehead atoms. The SMILES string of the molecule is CCC(C)(C)C1CCC(NC(=S)NCCc2ccc(OC)c(OC)c2)CC1. The molecule has 0 spiro atoms. The van der Waals surface area contributed by atoms with Crippen LogP contribution in [0.4, 0.5) is 0 Å². The van der Waals surface area contributed by atoms with E-state index in [9.17, 15) is 0 Å². The summed E-state index contributed by atoms with van der Waals surface area (Å²) in [5.41, 5.74) is 1.66. The lowest BCUT2D eigenvalue weighted by molar-refractivity contribution is 0.141. The van der Waals surface area contributed by atoms with E-state index < -0.39 is 0 Å². The molecule has 1 aromatic carbocycles. The fraction of sp³-hybridized carbons (Fsp3) is 0.682. The molecule has 0 radical (unpaired) electrons. The Morgan fingerprint density at radius 3 is 2.37 bits per heavy atom. The number of ether oxygens (including phenoxy) is 2. The summed E-state index contributed by atoms with van der Waals surface area (Å²) in [4.78, 5) is 0. The molecule has 0 heterocycles. The summed E-state index contributed by atoms with van der Waals surface area (Å²) < 4.78 is 10.6. The number of methoxy groups -OCH3 is 2. The lowest BCUT2D eigenvalue weighted by Crippen LogP contribution is -2.45. The molecule has 0 amide bonds. The summed E-state index contributed by atoms with van der Waals surface area (Å²) in [6.45, 7) is 7.93. The third-order valence-electron chi connectivity index (χ3n) is 6.23. The second-order valence-electron chi connectivity index (χ2n) is 8.23. The monoisotopic (exact) mass is 392 g/mol. The average Bonchev–Trinajstić information content (AvgIpc) is 2.68. The Morgan fingerprint density at radius 2 is 1.78 bits per heavy atom. The molecule has 5 heteroatoms. The van der Waals surface area contributed by atoms with E-state index in [2.05, 4.69) is 37.5 Å². The predicted molar refractivity (Wildman–Crippen MR) is 117 cm³/mol. The van der Waals surface area contributed by atoms with Gasteiger partial charge in [0.25, 0.3) is 0 Å². The van der Waals surface area contributed by atoms with Crippen LogP contribution >= 0.6 is 12.2 Å². The summed E-state index contributed by atoms with van der Waals surface area (Å²) in [7, 11) is 3.31. The van der Waals surface area contributed by atoms with Gasteiger partial charge < -0.3 is 20.1 Å². The normalized spacial score (nSPS) is 20.0. The van der Waals surface area contributed by atoms with Crippen molar-refractivity contribution in [3.8, 4) is 11.5 Å². The van der Waals surface area contributed by atoms with Gasteiger partial charge in [-0.15, -0.1) is 0 Å². The molecule has 0 unspecified atom stereocenters. The highest BCUT2D eigenvalue weighted by Crippen LogP contribution is 2.40. The number of hydrogen-bond acceptors (Lipinski definition) is 3. The van der Waals surface area contributed by atoms with Crippen molar-refractivity contribution in [2.75, 3.05) is 20.8 Å². The largest absolute Gasteiger partial charge is 0.493 e. The number of nitrogens with one attached hydrogen (secondary N) is 2. The van der Waals surface area contributed by atoms with Gasteiger partial charge in [0.05, 0.1) is 14.2 Å². The van der Waals surface area contributed by atoms with E-state index in [0.717, 1.165) is 35.5 Å². The molecule has 0 atom stereocenters. The third kappa shape index (κ3) is 6.27. The Kier molecular flexibility index (Phi) is 8.21. The molecule has 152 valence electrons. The van der Waals surface area contributed by atoms with Gasteiger partial charge in [-0.05, 0) is 73.4 Å². The molecule has 1 fully saturated rings. The summed E-state index contributed by atoms with van der Waals surface area (Å²) in [6.07, 6.45) is 7.17. The van der Waals surface area contributed by atoms with Crippen molar-refractivity contribution in [1.82, 2.24) is 10.6 Å². The quantitative estimate of drug-likeness (QED) is 0.628. The van der Waals surface area contributed by atoms with E-state index >= 15 is 0 Å². The summed E-state index contributed by atoms with van der Waals surface area (Å²) >= 11 is 5.50. The molecule has 1 aliphatic carbocycles. The van der Waals surface area contributed by atoms with Crippen molar-refractivity contribution in [1.29, 1.82) is 0 Å². The molecule has 1 saturated carbocycles. The molecule has 4 nitrogen and oxygen atoms in total. The van der Waals surface area contributed by atoms with Crippen LogP contribution in [0.3, 0.4) is 0 Å². The van der Waals surface area contributed by atoms with Gasteiger partial charge in [0.1, 0.15) is 0 Å². The number of thiocarbonyl (C=S) groups is 1. The Balaban J connectivity index is 1.71. The first-order valence-corrected chi connectivity index (χ1v) is 10.6. The molecule has 2 rings (SSSR count). The smallest absolute Gasteiger partial charge is 0.166 e. The first-order valence-electron chi connectivity index (χ1n) is 10.1. The van der Waals surface area contributed by atoms with Crippen molar-refractivity contribution >= 4 is 17.3 Å². The van der Waals surface area contributed by atoms with Crippen LogP contribution in [0.25, 0.3) is 0 Å². The third-order valence-corrected chi connectivity index (χ3v) is 6.49. The molecule has 1 aliphatic rings. The zero-order valence-electron chi connectivity index (χ0n) is 17.6. The highest BCUT2D eigenvalue weighted by atomic mass is 32.1. The Hall–Kier alpha value is -1.49. The molecule has 0 aliphatic heterocycles. The van der Waals surface area contributed by atoms with Gasteiger partial charge in [-0.1, -0.05) is 33.3 Å². The van der Waals surface area contributed by atoms with E-state index in [0.29, 0.717) is 11.5 Å². The highest BCUT2D eigenvalue weighted by molar-refractivity contribution is 7.80. The Morgan fingerprint density at radius 1 is 1.11 bits per heavy atom. The van der Waals surface area contributed by atoms with E-state index in [-0.39, 0.29) is 0 Å². The fourth-order valence-corrected chi connectivity index (χ4v) is 4.17. The van der Waals surface area contributed by atoms with Crippen LogP contribution < -0.4 is 20.1 Å². The van der Waals surface area contributed by atoms with E-state index in [4.69, 9.17) is 21.7 Å². The number of benzene rings is 1. The first-order chi connectivity index (χ1) is 12.9. The molecule has 1 aromatic rings. The Labute approximate surface area is 170 Å². The van der Waals surface area contributed by atoms with E-state index in [1.54, 1.807) is 14.2 Å². The van der Waals surface area contributed by atoms with Gasteiger partial charge in [0.2, 0.25) is 0 Å². The standard InChI is InChI=1S/C22H36N2O2S/c1-6-22(2,3)17-8-10-18(11-9-17)24-21(27)23-14-13-16-7-12-19(25-4)20(15-16)26-5/h7,12,15,17-18H,6,8-11,13-14H2,1-5H3,(H2,23,24,27). The zero-order chi connectivity index (χ0) is 19.9. The maximum atomic E-state index is 5.50. The van der Waals surface area contributed by atoms with Crippen molar-refractivity contribution in [2.24, 2.45) is 11.3 Å². The van der Waals surface area contributed by atoms with Gasteiger partial charge in [-0.25, -0.2) is 0 Å². The predicted octanol–water partition coefficient (Wildman–Crippen LogP) is 4.71. The van der Waals surface area contributed by atoms with Gasteiger partial charge in [-0.2, -0.15) is 0 Å². The van der Waals surface area contributed by atoms with Crippen molar-refractivity contribution in [2.45, 2.75) is 65.3 Å². The number of rotatable bonds is 8. The second kappa shape index (κ2) is 10.2. The van der Waals surface area contributed by atoms with Crippen LogP contribution in [0.2, 0.25) is 0 Å². The highest BCUT2D eigenvalue weighted by Gasteiger charge is 2.31. The topological polar surface area (TPSA) is 42.5 Å². The second-order valence-corrected chi connectivity index (χ2v) is 8.64. The lowest BCUT2D eigenvalue weighted by atomic mass is 9.69. The van der Waals surface area contributed by atoms with Gasteiger partial charge in [-0.3, -0.25) is 0 Å². The minimum Gasteiger partial charge on any atom is -0.493 e. The molecule has 0 saturated heterocycles. The van der Waals surface area contributed by atoms with E-state index in [1.807, 2.05) is 12.1 Å². The van der Waals surface area contributed by atoms with Gasteiger partial charge in [0, 0.05) is 12.6 Å². The average molecular weight is 393 g/mol. The fourth-order valence-electron chi connectivity index (χ4n) is 3.90. The van der Waals surface area contributed by atoms with Crippen LogP contribution in [-0.4, -0.2) is 31.9 Å². The summed E-state index contributed by atoms with van der Waals surface area (Å²) in [5, 5.41) is 7.63. The van der Waals surface area contributed by atoms with Crippen LogP contribution in [0.5, 0.6) is 11.5 Å². The lowest BCUT2D eigenvalue weighted by Gasteiger charge is -2.39. The van der Waals surface area contributed by atoms with Crippen molar-refractivity contribution in [3.63, 3.8) is 0 Å². The van der Waals surface area contributed by atoms with Crippen LogP contribution in [0.15, 0.2) is 18.2 Å². The van der Waals surface area contributed by atoms with Crippen LogP contribution in [0.1, 0.15) is 58.4 Å². The number of hydrogen-bond donors (Lipinski definition) is 2. The summed E-state index contributed by atoms with van der Waals surface area (Å²) in [5.74, 6) is 2.36. The van der Waals surface area contributed by atoms with Gasteiger partial charge in [0.15, 0.2) is 16.6 Å². The minimum atomic E-state index is 0.461. The van der Waals surface area contributed by atoms with Crippen LogP contribution in [0, 0.1) is 11.3 Å². The molecule has 2 N–H and O–H groups in total. The van der Waals surface area contributed by atoms with Crippen LogP contribution in [-0.2, 0) is 6.42 Å². The Bertz CT molecular complexity index is 610. The van der Waals surface area contributed by atoms with Crippen molar-refractivity contribution in [3.05, 3.63) is 23.8 Å². The minimum absolute atomic E-state index is 0.461. The van der Waals surface area contributed by atoms with Gasteiger partial charge >= 0.3 is 0 Å². The van der Waals surface area contributed by atoms with Crippen molar-refractivity contribution < 1.29 is 9.47 Å². The first kappa shape index (κ1) is 21.8. The summed E-state index contributed by atoms with van der Waals surface area (Å²) in [6, 6.07) is 6.54.